The van der Waals surface area contributed by atoms with E-state index in [-0.39, 0.29) is 61.4 Å². The van der Waals surface area contributed by atoms with Crippen LogP contribution in [-0.2, 0) is 25.0 Å². The molecular weight excluding hydrogens is 161 g/mol. The van der Waals surface area contributed by atoms with Gasteiger partial charge >= 0.3 is 38.3 Å². The van der Waals surface area contributed by atoms with E-state index >= 15 is 0 Å². The molecule has 0 rings (SSSR count). The van der Waals surface area contributed by atoms with E-state index in [1.165, 1.54) is 0 Å². The van der Waals surface area contributed by atoms with Crippen molar-refractivity contribution in [2.24, 2.45) is 0 Å². The zero-order valence-electron chi connectivity index (χ0n) is 2.62. The second kappa shape index (κ2) is 22.0. The molecule has 0 aliphatic rings. The maximum atomic E-state index is 0. The van der Waals surface area contributed by atoms with Crippen LogP contribution in [0, 0.1) is 0 Å². The van der Waals surface area contributed by atoms with E-state index in [0.29, 0.717) is 0 Å². The van der Waals surface area contributed by atoms with Crippen LogP contribution in [0.1, 0.15) is 0 Å². The van der Waals surface area contributed by atoms with Crippen LogP contribution in [0.4, 0.5) is 0 Å². The summed E-state index contributed by atoms with van der Waals surface area (Å²) in [5.41, 5.74) is 0. The predicted octanol–water partition coefficient (Wildman–Crippen LogP) is -3.50. The number of rotatable bonds is 0. The largest absolute Gasteiger partial charge is 2.00 e. The van der Waals surface area contributed by atoms with Gasteiger partial charge in [0.2, 0.25) is 0 Å². The monoisotopic (exact) mass is 161 g/mol. The van der Waals surface area contributed by atoms with E-state index in [4.69, 9.17) is 0 Å². The van der Waals surface area contributed by atoms with E-state index in [9.17, 15) is 0 Å². The Balaban J connectivity index is 0. The molecule has 4 radical (unpaired) electrons. The number of hydrogen-bond donors (Lipinski definition) is 0. The van der Waals surface area contributed by atoms with E-state index in [1.807, 2.05) is 0 Å². The van der Waals surface area contributed by atoms with Crippen molar-refractivity contribution in [1.82, 2.24) is 0 Å². The molecule has 0 saturated heterocycles. The molecule has 4 heavy (non-hydrogen) atoms. The quantitative estimate of drug-likeness (QED) is 0.330. The molecule has 1 nitrogen and oxygen atoms in total. The van der Waals surface area contributed by atoms with Crippen LogP contribution in [0.25, 0.3) is 0 Å². The van der Waals surface area contributed by atoms with Crippen LogP contribution >= 0.6 is 0 Å². The van der Waals surface area contributed by atoms with Crippen molar-refractivity contribution in [3.05, 3.63) is 0 Å². The minimum Gasteiger partial charge on any atom is -2.00 e. The molecule has 0 heterocycles. The van der Waals surface area contributed by atoms with E-state index < -0.39 is 0 Å². The van der Waals surface area contributed by atoms with Crippen LogP contribution in [0.3, 0.4) is 0 Å². The fourth-order valence-electron chi connectivity index (χ4n) is 0. The topological polar surface area (TPSA) is 28.5 Å². The molecule has 0 atom stereocenters. The molecule has 0 saturated carbocycles. The molecule has 12 valence electrons. The Morgan fingerprint density at radius 3 is 1.00 bits per heavy atom. The van der Waals surface area contributed by atoms with Gasteiger partial charge < -0.3 is 5.48 Å². The van der Waals surface area contributed by atoms with E-state index in [1.54, 1.807) is 0 Å². The molecule has 0 aliphatic carbocycles. The molecule has 0 N–H and O–H groups in total. The summed E-state index contributed by atoms with van der Waals surface area (Å²) >= 11 is 0. The molecule has 0 spiro atoms. The Kier molecular flexibility index (Phi) is 237. The SMILES string of the molecule is [Ge].[Li+].[O-2].[Zn+2]. The van der Waals surface area contributed by atoms with Crippen molar-refractivity contribution >= 4 is 17.6 Å². The number of hydrogen-bond acceptors (Lipinski definition) is 0. The van der Waals surface area contributed by atoms with Gasteiger partial charge in [-0.25, -0.2) is 0 Å². The Morgan fingerprint density at radius 2 is 1.00 bits per heavy atom. The van der Waals surface area contributed by atoms with Crippen molar-refractivity contribution in [2.45, 2.75) is 0 Å². The van der Waals surface area contributed by atoms with E-state index in [2.05, 4.69) is 0 Å². The van der Waals surface area contributed by atoms with Gasteiger partial charge in [0.25, 0.3) is 0 Å². The van der Waals surface area contributed by atoms with Crippen molar-refractivity contribution in [3.8, 4) is 0 Å². The van der Waals surface area contributed by atoms with Crippen molar-refractivity contribution < 1.29 is 43.8 Å². The van der Waals surface area contributed by atoms with Crippen LogP contribution in [-0.4, -0.2) is 17.6 Å². The first-order valence-electron chi connectivity index (χ1n) is 0. The van der Waals surface area contributed by atoms with Crippen molar-refractivity contribution in [2.75, 3.05) is 0 Å². The van der Waals surface area contributed by atoms with Gasteiger partial charge in [-0.15, -0.1) is 0 Å². The maximum Gasteiger partial charge on any atom is 2.00 e. The van der Waals surface area contributed by atoms with Gasteiger partial charge in [-0.3, -0.25) is 0 Å². The third-order valence-electron chi connectivity index (χ3n) is 0. The maximum absolute atomic E-state index is 0. The van der Waals surface area contributed by atoms with Gasteiger partial charge in [0.1, 0.15) is 0 Å². The minimum atomic E-state index is 0. The smallest absolute Gasteiger partial charge is 2.00 e. The summed E-state index contributed by atoms with van der Waals surface area (Å²) in [7, 11) is 0. The molecule has 4 heteroatoms. The van der Waals surface area contributed by atoms with Crippen LogP contribution < -0.4 is 18.9 Å². The van der Waals surface area contributed by atoms with Crippen molar-refractivity contribution in [3.63, 3.8) is 0 Å². The molecule has 0 aromatic carbocycles. The zero-order valence-corrected chi connectivity index (χ0v) is 7.68. The Hall–Kier alpha value is 1.72. The molecule has 0 aromatic rings. The molecule has 0 fully saturated rings. The summed E-state index contributed by atoms with van der Waals surface area (Å²) in [6, 6.07) is 0. The second-order valence-corrected chi connectivity index (χ2v) is 0. The molecule has 0 bridgehead atoms. The summed E-state index contributed by atoms with van der Waals surface area (Å²) in [4.78, 5) is 0. The fourth-order valence-corrected chi connectivity index (χ4v) is 0. The minimum absolute atomic E-state index is 0. The Morgan fingerprint density at radius 1 is 1.00 bits per heavy atom. The first-order valence-corrected chi connectivity index (χ1v) is 0. The predicted molar refractivity (Wildman–Crippen MR) is 6.44 cm³/mol. The third kappa shape index (κ3) is 9.30. The molecule has 0 unspecified atom stereocenters. The van der Waals surface area contributed by atoms with Gasteiger partial charge in [0, 0.05) is 17.6 Å². The van der Waals surface area contributed by atoms with E-state index in [0.717, 1.165) is 0 Å². The van der Waals surface area contributed by atoms with Crippen LogP contribution in [0.5, 0.6) is 0 Å². The van der Waals surface area contributed by atoms with Gasteiger partial charge in [-0.1, -0.05) is 0 Å². The fraction of sp³-hybridized carbons (Fsp3) is 0. The summed E-state index contributed by atoms with van der Waals surface area (Å²) in [5, 5.41) is 0. The normalized spacial score (nSPS) is 0. The average Bonchev–Trinajstić information content (AvgIpc) is 0. The standard InChI is InChI=1S/Ge.Li.O.Zn/q;+1;-2;+2. The molecule has 0 aromatic heterocycles. The summed E-state index contributed by atoms with van der Waals surface area (Å²) in [5.74, 6) is 0. The van der Waals surface area contributed by atoms with Gasteiger partial charge in [0.05, 0.1) is 0 Å². The van der Waals surface area contributed by atoms with Crippen molar-refractivity contribution in [1.29, 1.82) is 0 Å². The van der Waals surface area contributed by atoms with Crippen LogP contribution in [0.15, 0.2) is 0 Å². The van der Waals surface area contributed by atoms with Crippen LogP contribution in [0.2, 0.25) is 0 Å². The summed E-state index contributed by atoms with van der Waals surface area (Å²) in [6.45, 7) is 0. The summed E-state index contributed by atoms with van der Waals surface area (Å²) in [6.07, 6.45) is 0. The first kappa shape index (κ1) is 43.0. The van der Waals surface area contributed by atoms with Gasteiger partial charge in [-0.05, 0) is 0 Å². The zero-order chi connectivity index (χ0) is 0. The average molecular weight is 161 g/mol. The Labute approximate surface area is 61.1 Å². The third-order valence-corrected chi connectivity index (χ3v) is 0. The van der Waals surface area contributed by atoms with Gasteiger partial charge in [0.15, 0.2) is 0 Å². The molecule has 0 amide bonds. The molecule has 0 aliphatic heterocycles. The Bertz CT molecular complexity index is 8.00. The van der Waals surface area contributed by atoms with Gasteiger partial charge in [-0.2, -0.15) is 0 Å². The molecular formula is GeLiOZn+. The summed E-state index contributed by atoms with van der Waals surface area (Å²) < 4.78 is 0. The second-order valence-electron chi connectivity index (χ2n) is 0. The first-order chi connectivity index (χ1) is 0.